The van der Waals surface area contributed by atoms with E-state index in [1.165, 1.54) is 12.7 Å². The Morgan fingerprint density at radius 3 is 2.72 bits per heavy atom. The Bertz CT molecular complexity index is 1520. The van der Waals surface area contributed by atoms with E-state index in [4.69, 9.17) is 26.1 Å². The second-order valence-corrected chi connectivity index (χ2v) is 8.64. The molecule has 1 aliphatic rings. The first-order valence-corrected chi connectivity index (χ1v) is 11.9. The number of hydrogen-bond donors (Lipinski definition) is 1. The minimum Gasteiger partial charge on any atom is -0.456 e. The van der Waals surface area contributed by atoms with Crippen molar-refractivity contribution in [3.8, 4) is 11.5 Å². The molecular formula is C24H22ClN9O2. The number of anilines is 3. The molecule has 5 heterocycles. The molecule has 1 aromatic carbocycles. The van der Waals surface area contributed by atoms with Crippen molar-refractivity contribution in [2.24, 2.45) is 0 Å². The van der Waals surface area contributed by atoms with Gasteiger partial charge in [0.15, 0.2) is 11.5 Å². The molecule has 1 aliphatic heterocycles. The predicted octanol–water partition coefficient (Wildman–Crippen LogP) is 4.27. The van der Waals surface area contributed by atoms with E-state index in [-0.39, 0.29) is 0 Å². The van der Waals surface area contributed by atoms with E-state index < -0.39 is 0 Å². The first-order chi connectivity index (χ1) is 17.7. The van der Waals surface area contributed by atoms with E-state index in [0.29, 0.717) is 45.0 Å². The molecule has 1 saturated heterocycles. The lowest BCUT2D eigenvalue weighted by molar-refractivity contribution is 0.124. The second-order valence-electron chi connectivity index (χ2n) is 8.23. The zero-order valence-corrected chi connectivity index (χ0v) is 20.0. The lowest BCUT2D eigenvalue weighted by atomic mass is 10.3. The van der Waals surface area contributed by atoms with E-state index in [1.54, 1.807) is 41.2 Å². The van der Waals surface area contributed by atoms with Gasteiger partial charge in [-0.25, -0.2) is 29.4 Å². The Kier molecular flexibility index (Phi) is 6.14. The normalized spacial score (nSPS) is 14.5. The summed E-state index contributed by atoms with van der Waals surface area (Å²) in [5, 5.41) is 7.84. The Hall–Kier alpha value is -4.09. The van der Waals surface area contributed by atoms with Gasteiger partial charge in [0.1, 0.15) is 35.2 Å². The van der Waals surface area contributed by atoms with Crippen molar-refractivity contribution in [1.82, 2.24) is 34.5 Å². The summed E-state index contributed by atoms with van der Waals surface area (Å²) in [5.74, 6) is 2.36. The van der Waals surface area contributed by atoms with Gasteiger partial charge in [0.2, 0.25) is 5.95 Å². The minimum atomic E-state index is 0.442. The highest BCUT2D eigenvalue weighted by atomic mass is 35.5. The Labute approximate surface area is 211 Å². The van der Waals surface area contributed by atoms with Crippen molar-refractivity contribution in [2.45, 2.75) is 12.8 Å². The third kappa shape index (κ3) is 4.70. The third-order valence-electron chi connectivity index (χ3n) is 5.76. The summed E-state index contributed by atoms with van der Waals surface area (Å²) >= 11 is 6.54. The highest BCUT2D eigenvalue weighted by molar-refractivity contribution is 6.32. The van der Waals surface area contributed by atoms with Gasteiger partial charge in [0.25, 0.3) is 0 Å². The van der Waals surface area contributed by atoms with Gasteiger partial charge >= 0.3 is 0 Å². The molecule has 1 fully saturated rings. The fraction of sp³-hybridized carbons (Fsp3) is 0.250. The number of nitrogens with one attached hydrogen (secondary N) is 1. The summed E-state index contributed by atoms with van der Waals surface area (Å²) in [7, 11) is 0. The first-order valence-electron chi connectivity index (χ1n) is 11.6. The van der Waals surface area contributed by atoms with E-state index >= 15 is 0 Å². The molecule has 0 atom stereocenters. The molecule has 182 valence electrons. The van der Waals surface area contributed by atoms with Crippen LogP contribution in [0.4, 0.5) is 17.5 Å². The number of rotatable bonds is 5. The SMILES string of the molecule is Clc1cc(Nc2ncnc3cnc(N4CCCOCCC4)nc23)ccc1Oc1ccn2ncnc2c1. The van der Waals surface area contributed by atoms with Crippen LogP contribution in [0, 0.1) is 0 Å². The Balaban J connectivity index is 1.24. The maximum Gasteiger partial charge on any atom is 0.226 e. The fourth-order valence-corrected chi connectivity index (χ4v) is 4.22. The number of aromatic nitrogens is 7. The molecule has 1 N–H and O–H groups in total. The number of ether oxygens (including phenoxy) is 2. The summed E-state index contributed by atoms with van der Waals surface area (Å²) in [5.41, 5.74) is 2.72. The average molecular weight is 504 g/mol. The van der Waals surface area contributed by atoms with Gasteiger partial charge in [-0.05, 0) is 37.1 Å². The van der Waals surface area contributed by atoms with Crippen molar-refractivity contribution in [3.63, 3.8) is 0 Å². The van der Waals surface area contributed by atoms with Crippen LogP contribution in [0.5, 0.6) is 11.5 Å². The van der Waals surface area contributed by atoms with Crippen LogP contribution < -0.4 is 15.0 Å². The van der Waals surface area contributed by atoms with Crippen LogP contribution in [0.1, 0.15) is 12.8 Å². The van der Waals surface area contributed by atoms with E-state index in [1.807, 2.05) is 6.07 Å². The number of halogens is 1. The highest BCUT2D eigenvalue weighted by Gasteiger charge is 2.15. The molecule has 4 aromatic heterocycles. The summed E-state index contributed by atoms with van der Waals surface area (Å²) in [6.45, 7) is 3.16. The molecule has 12 heteroatoms. The lowest BCUT2D eigenvalue weighted by Crippen LogP contribution is -2.31. The largest absolute Gasteiger partial charge is 0.456 e. The van der Waals surface area contributed by atoms with Crippen molar-refractivity contribution < 1.29 is 9.47 Å². The van der Waals surface area contributed by atoms with Crippen LogP contribution in [0.25, 0.3) is 16.7 Å². The second kappa shape index (κ2) is 9.88. The Morgan fingerprint density at radius 2 is 1.86 bits per heavy atom. The third-order valence-corrected chi connectivity index (χ3v) is 6.05. The number of benzene rings is 1. The molecule has 0 bridgehead atoms. The van der Waals surface area contributed by atoms with Crippen molar-refractivity contribution >= 4 is 45.7 Å². The van der Waals surface area contributed by atoms with Gasteiger partial charge in [-0.15, -0.1) is 0 Å². The molecule has 0 saturated carbocycles. The van der Waals surface area contributed by atoms with Crippen LogP contribution in [0.15, 0.2) is 55.4 Å². The molecule has 11 nitrogen and oxygen atoms in total. The molecule has 36 heavy (non-hydrogen) atoms. The maximum atomic E-state index is 6.54. The summed E-state index contributed by atoms with van der Waals surface area (Å²) < 4.78 is 13.2. The van der Waals surface area contributed by atoms with Crippen molar-refractivity contribution in [3.05, 3.63) is 60.4 Å². The van der Waals surface area contributed by atoms with Gasteiger partial charge in [-0.3, -0.25) is 0 Å². The molecule has 0 unspecified atom stereocenters. The van der Waals surface area contributed by atoms with Crippen LogP contribution >= 0.6 is 11.6 Å². The number of fused-ring (bicyclic) bond motifs is 2. The minimum absolute atomic E-state index is 0.442. The number of nitrogens with zero attached hydrogens (tertiary/aromatic N) is 8. The van der Waals surface area contributed by atoms with Crippen LogP contribution in [0.3, 0.4) is 0 Å². The molecule has 0 spiro atoms. The molecule has 0 amide bonds. The van der Waals surface area contributed by atoms with Crippen molar-refractivity contribution in [1.29, 1.82) is 0 Å². The average Bonchev–Trinajstić information content (AvgIpc) is 3.34. The quantitative estimate of drug-likeness (QED) is 0.372. The topological polar surface area (TPSA) is 115 Å². The van der Waals surface area contributed by atoms with Gasteiger partial charge in [0, 0.05) is 44.3 Å². The van der Waals surface area contributed by atoms with Gasteiger partial charge < -0.3 is 19.7 Å². The zero-order valence-electron chi connectivity index (χ0n) is 19.2. The molecule has 6 rings (SSSR count). The molecule has 0 radical (unpaired) electrons. The first kappa shape index (κ1) is 22.4. The summed E-state index contributed by atoms with van der Waals surface area (Å²) in [4.78, 5) is 24.4. The molecular weight excluding hydrogens is 482 g/mol. The van der Waals surface area contributed by atoms with Gasteiger partial charge in [-0.1, -0.05) is 11.6 Å². The van der Waals surface area contributed by atoms with Gasteiger partial charge in [-0.2, -0.15) is 5.10 Å². The standard InChI is InChI=1S/C24H22ClN9O2/c25-18-11-16(3-4-20(18)36-17-5-8-34-21(12-17)28-15-30-34)31-23-22-19(27-14-29-23)13-26-24(32-22)33-6-1-9-35-10-2-7-33/h3-5,8,11-15H,1-2,6-7,9-10H2,(H,27,29,31). The lowest BCUT2D eigenvalue weighted by Gasteiger charge is -2.24. The smallest absolute Gasteiger partial charge is 0.226 e. The van der Waals surface area contributed by atoms with Crippen molar-refractivity contribution in [2.75, 3.05) is 36.5 Å². The fourth-order valence-electron chi connectivity index (χ4n) is 4.00. The van der Waals surface area contributed by atoms with Crippen LogP contribution in [-0.4, -0.2) is 60.8 Å². The van der Waals surface area contributed by atoms with Gasteiger partial charge in [0.05, 0.1) is 11.2 Å². The summed E-state index contributed by atoms with van der Waals surface area (Å²) in [6, 6.07) is 9.03. The zero-order chi connectivity index (χ0) is 24.3. The molecule has 5 aromatic rings. The number of hydrogen-bond acceptors (Lipinski definition) is 10. The van der Waals surface area contributed by atoms with E-state index in [2.05, 4.69) is 35.3 Å². The van der Waals surface area contributed by atoms with Crippen LogP contribution in [-0.2, 0) is 4.74 Å². The summed E-state index contributed by atoms with van der Waals surface area (Å²) in [6.07, 6.45) is 8.34. The van der Waals surface area contributed by atoms with E-state index in [9.17, 15) is 0 Å². The van der Waals surface area contributed by atoms with E-state index in [0.717, 1.165) is 44.8 Å². The molecule has 0 aliphatic carbocycles. The van der Waals surface area contributed by atoms with Crippen LogP contribution in [0.2, 0.25) is 5.02 Å². The Morgan fingerprint density at radius 1 is 0.972 bits per heavy atom. The predicted molar refractivity (Wildman–Crippen MR) is 135 cm³/mol. The highest BCUT2D eigenvalue weighted by Crippen LogP contribution is 2.33. The number of pyridine rings is 1. The maximum absolute atomic E-state index is 6.54. The monoisotopic (exact) mass is 503 g/mol.